The summed E-state index contributed by atoms with van der Waals surface area (Å²) in [4.78, 5) is 27.3. The van der Waals surface area contributed by atoms with E-state index in [0.717, 1.165) is 0 Å². The Hall–Kier alpha value is -2.51. The molecule has 0 saturated carbocycles. The minimum absolute atomic E-state index is 0.0418. The lowest BCUT2D eigenvalue weighted by Crippen LogP contribution is -2.39. The van der Waals surface area contributed by atoms with Gasteiger partial charge in [-0.3, -0.25) is 9.59 Å². The van der Waals surface area contributed by atoms with Crippen LogP contribution in [0.1, 0.15) is 16.8 Å². The molecule has 0 spiro atoms. The second-order valence-corrected chi connectivity index (χ2v) is 5.78. The molecular formula is C17H19F3N2O3. The quantitative estimate of drug-likeness (QED) is 0.762. The van der Waals surface area contributed by atoms with Gasteiger partial charge in [-0.2, -0.15) is 13.2 Å². The highest BCUT2D eigenvalue weighted by molar-refractivity contribution is 5.94. The highest BCUT2D eigenvalue weighted by atomic mass is 19.4. The molecule has 0 radical (unpaired) electrons. The van der Waals surface area contributed by atoms with E-state index in [1.807, 2.05) is 0 Å². The number of hydrogen-bond acceptors (Lipinski definition) is 3. The van der Waals surface area contributed by atoms with Crippen LogP contribution in [-0.2, 0) is 4.79 Å². The van der Waals surface area contributed by atoms with E-state index in [2.05, 4.69) is 11.3 Å². The fourth-order valence-corrected chi connectivity index (χ4v) is 2.62. The van der Waals surface area contributed by atoms with Crippen LogP contribution in [0.4, 0.5) is 13.2 Å². The monoisotopic (exact) mass is 356 g/mol. The molecule has 1 aromatic carbocycles. The second kappa shape index (κ2) is 7.58. The van der Waals surface area contributed by atoms with E-state index in [4.69, 9.17) is 0 Å². The number of ether oxygens (including phenoxy) is 1. The van der Waals surface area contributed by atoms with Gasteiger partial charge in [-0.05, 0) is 36.8 Å². The maximum absolute atomic E-state index is 12.5. The molecule has 0 bridgehead atoms. The zero-order valence-electron chi connectivity index (χ0n) is 13.8. The molecular weight excluding hydrogens is 337 g/mol. The Kier molecular flexibility index (Phi) is 5.71. The van der Waals surface area contributed by atoms with Crippen LogP contribution >= 0.6 is 0 Å². The van der Waals surface area contributed by atoms with Gasteiger partial charge in [0.05, 0.1) is 6.04 Å². The number of halogens is 3. The first-order chi connectivity index (χ1) is 11.7. The zero-order valence-corrected chi connectivity index (χ0v) is 13.8. The van der Waals surface area contributed by atoms with E-state index in [1.54, 1.807) is 16.8 Å². The summed E-state index contributed by atoms with van der Waals surface area (Å²) in [5, 5.41) is 0. The molecule has 1 aromatic rings. The van der Waals surface area contributed by atoms with E-state index in [0.29, 0.717) is 25.1 Å². The van der Waals surface area contributed by atoms with Crippen molar-refractivity contribution in [3.05, 3.63) is 42.5 Å². The van der Waals surface area contributed by atoms with Gasteiger partial charge in [-0.15, -0.1) is 0 Å². The predicted molar refractivity (Wildman–Crippen MR) is 85.3 cm³/mol. The Morgan fingerprint density at radius 1 is 1.36 bits per heavy atom. The number of amides is 2. The number of carbonyl (C=O) groups excluding carboxylic acids is 2. The topological polar surface area (TPSA) is 49.9 Å². The predicted octanol–water partition coefficient (Wildman–Crippen LogP) is 2.49. The molecule has 25 heavy (non-hydrogen) atoms. The van der Waals surface area contributed by atoms with Crippen molar-refractivity contribution in [2.75, 3.05) is 26.7 Å². The van der Waals surface area contributed by atoms with E-state index in [1.165, 1.54) is 30.3 Å². The van der Waals surface area contributed by atoms with Crippen molar-refractivity contribution in [2.45, 2.75) is 18.6 Å². The molecule has 136 valence electrons. The van der Waals surface area contributed by atoms with Gasteiger partial charge in [0, 0.05) is 25.7 Å². The van der Waals surface area contributed by atoms with E-state index >= 15 is 0 Å². The minimum atomic E-state index is -4.41. The Labute approximate surface area is 143 Å². The van der Waals surface area contributed by atoms with Crippen LogP contribution in [0, 0.1) is 0 Å². The van der Waals surface area contributed by atoms with Gasteiger partial charge in [0.2, 0.25) is 5.91 Å². The summed E-state index contributed by atoms with van der Waals surface area (Å²) < 4.78 is 41.0. The third-order valence-corrected chi connectivity index (χ3v) is 4.02. The maximum Gasteiger partial charge on any atom is 0.422 e. The molecule has 1 saturated heterocycles. The lowest BCUT2D eigenvalue weighted by Gasteiger charge is -2.25. The molecule has 1 aliphatic heterocycles. The Morgan fingerprint density at radius 2 is 2.00 bits per heavy atom. The van der Waals surface area contributed by atoms with Crippen LogP contribution in [0.5, 0.6) is 5.75 Å². The van der Waals surface area contributed by atoms with Crippen LogP contribution in [0.2, 0.25) is 0 Å². The van der Waals surface area contributed by atoms with Gasteiger partial charge in [0.25, 0.3) is 5.91 Å². The highest BCUT2D eigenvalue weighted by Gasteiger charge is 2.31. The van der Waals surface area contributed by atoms with Gasteiger partial charge in [0.15, 0.2) is 6.61 Å². The summed E-state index contributed by atoms with van der Waals surface area (Å²) in [5.41, 5.74) is 0.343. The van der Waals surface area contributed by atoms with Crippen molar-refractivity contribution in [3.8, 4) is 5.75 Å². The first-order valence-corrected chi connectivity index (χ1v) is 7.69. The smallest absolute Gasteiger partial charge is 0.422 e. The van der Waals surface area contributed by atoms with Gasteiger partial charge < -0.3 is 14.5 Å². The van der Waals surface area contributed by atoms with Crippen molar-refractivity contribution in [2.24, 2.45) is 0 Å². The number of carbonyl (C=O) groups is 2. The molecule has 2 amide bonds. The van der Waals surface area contributed by atoms with E-state index in [9.17, 15) is 22.8 Å². The molecule has 1 atom stereocenters. The van der Waals surface area contributed by atoms with Gasteiger partial charge in [-0.25, -0.2) is 0 Å². The van der Waals surface area contributed by atoms with Crippen molar-refractivity contribution in [3.63, 3.8) is 0 Å². The fraction of sp³-hybridized carbons (Fsp3) is 0.412. The number of likely N-dealkylation sites (N-methyl/N-ethyl adjacent to an activating group) is 1. The summed E-state index contributed by atoms with van der Waals surface area (Å²) in [5.74, 6) is -0.394. The average molecular weight is 356 g/mol. The molecule has 0 unspecified atom stereocenters. The van der Waals surface area contributed by atoms with E-state index < -0.39 is 12.8 Å². The maximum atomic E-state index is 12.5. The van der Waals surface area contributed by atoms with Crippen LogP contribution < -0.4 is 4.74 Å². The molecule has 0 aromatic heterocycles. The van der Waals surface area contributed by atoms with Gasteiger partial charge in [0.1, 0.15) is 5.75 Å². The number of hydrogen-bond donors (Lipinski definition) is 0. The Bertz CT molecular complexity index is 644. The Morgan fingerprint density at radius 3 is 2.56 bits per heavy atom. The summed E-state index contributed by atoms with van der Waals surface area (Å²) in [7, 11) is 1.64. The second-order valence-electron chi connectivity index (χ2n) is 5.78. The molecule has 0 aliphatic carbocycles. The van der Waals surface area contributed by atoms with Crippen LogP contribution in [0.25, 0.3) is 0 Å². The van der Waals surface area contributed by atoms with Crippen molar-refractivity contribution in [1.82, 2.24) is 9.80 Å². The molecule has 1 aliphatic rings. The minimum Gasteiger partial charge on any atom is -0.484 e. The number of nitrogens with zero attached hydrogens (tertiary/aromatic N) is 2. The number of rotatable bonds is 5. The lowest BCUT2D eigenvalue weighted by atomic mass is 10.1. The lowest BCUT2D eigenvalue weighted by molar-refractivity contribution is -0.153. The third kappa shape index (κ3) is 4.98. The molecule has 8 heteroatoms. The van der Waals surface area contributed by atoms with Crippen LogP contribution in [0.3, 0.4) is 0 Å². The fourth-order valence-electron chi connectivity index (χ4n) is 2.62. The zero-order chi connectivity index (χ0) is 18.6. The number of alkyl halides is 3. The summed E-state index contributed by atoms with van der Waals surface area (Å²) in [6.45, 7) is 3.05. The van der Waals surface area contributed by atoms with Crippen LogP contribution in [-0.4, -0.2) is 60.6 Å². The first kappa shape index (κ1) is 18.8. The molecule has 1 fully saturated rings. The van der Waals surface area contributed by atoms with Gasteiger partial charge in [-0.1, -0.05) is 6.58 Å². The van der Waals surface area contributed by atoms with Crippen molar-refractivity contribution in [1.29, 1.82) is 0 Å². The normalized spacial score (nSPS) is 17.3. The first-order valence-electron chi connectivity index (χ1n) is 7.69. The van der Waals surface area contributed by atoms with E-state index in [-0.39, 0.29) is 23.6 Å². The summed E-state index contributed by atoms with van der Waals surface area (Å²) in [6, 6.07) is 5.39. The largest absolute Gasteiger partial charge is 0.484 e. The van der Waals surface area contributed by atoms with Crippen LogP contribution in [0.15, 0.2) is 36.9 Å². The van der Waals surface area contributed by atoms with Crippen molar-refractivity contribution < 1.29 is 27.5 Å². The molecule has 5 nitrogen and oxygen atoms in total. The number of benzene rings is 1. The van der Waals surface area contributed by atoms with Crippen molar-refractivity contribution >= 4 is 11.8 Å². The molecule has 0 N–H and O–H groups in total. The Balaban J connectivity index is 1.96. The van der Waals surface area contributed by atoms with Gasteiger partial charge >= 0.3 is 6.18 Å². The third-order valence-electron chi connectivity index (χ3n) is 4.02. The summed E-state index contributed by atoms with van der Waals surface area (Å²) >= 11 is 0. The standard InChI is InChI=1S/C17H19F3N2O3/c1-3-15(23)22-9-8-13(10-22)21(2)16(24)12-4-6-14(7-5-12)25-11-17(18,19)20/h3-7,13H,1,8-11H2,2H3/t13-/m1/s1. The highest BCUT2D eigenvalue weighted by Crippen LogP contribution is 2.21. The molecule has 2 rings (SSSR count). The SMILES string of the molecule is C=CC(=O)N1CC[C@@H](N(C)C(=O)c2ccc(OCC(F)(F)F)cc2)C1. The number of likely N-dealkylation sites (tertiary alicyclic amines) is 1. The average Bonchev–Trinajstić information content (AvgIpc) is 3.08. The summed E-state index contributed by atoms with van der Waals surface area (Å²) in [6.07, 6.45) is -2.51. The molecule has 1 heterocycles.